The average Bonchev–Trinajstić information content (AvgIpc) is 2.44. The number of rotatable bonds is 5. The quantitative estimate of drug-likeness (QED) is 0.832. The summed E-state index contributed by atoms with van der Waals surface area (Å²) in [6.07, 6.45) is 0.980. The summed E-state index contributed by atoms with van der Waals surface area (Å²) in [7, 11) is 0. The molecule has 5 nitrogen and oxygen atoms in total. The highest BCUT2D eigenvalue weighted by Gasteiger charge is 2.11. The maximum atomic E-state index is 12.1. The first-order valence-corrected chi connectivity index (χ1v) is 7.20. The molecule has 0 atom stereocenters. The van der Waals surface area contributed by atoms with E-state index in [-0.39, 0.29) is 5.75 Å². The number of hydrogen-bond donors (Lipinski definition) is 2. The van der Waals surface area contributed by atoms with Crippen LogP contribution in [0.2, 0.25) is 5.02 Å². The van der Waals surface area contributed by atoms with Gasteiger partial charge >= 0.3 is 0 Å². The average molecular weight is 308 g/mol. The number of benzene rings is 1. The fourth-order valence-electron chi connectivity index (χ4n) is 1.98. The van der Waals surface area contributed by atoms with Crippen LogP contribution in [0, 0.1) is 6.92 Å². The summed E-state index contributed by atoms with van der Waals surface area (Å²) in [6, 6.07) is 6.45. The summed E-state index contributed by atoms with van der Waals surface area (Å²) in [4.78, 5) is 12.1. The summed E-state index contributed by atoms with van der Waals surface area (Å²) in [5, 5.41) is 17.8. The van der Waals surface area contributed by atoms with Crippen molar-refractivity contribution in [3.8, 4) is 11.4 Å². The van der Waals surface area contributed by atoms with Gasteiger partial charge in [0, 0.05) is 17.6 Å². The van der Waals surface area contributed by atoms with Crippen molar-refractivity contribution in [1.82, 2.24) is 15.1 Å². The Morgan fingerprint density at radius 2 is 2.14 bits per heavy atom. The van der Waals surface area contributed by atoms with E-state index in [1.54, 1.807) is 12.1 Å². The van der Waals surface area contributed by atoms with Gasteiger partial charge in [-0.05, 0) is 37.6 Å². The van der Waals surface area contributed by atoms with Gasteiger partial charge in [0.2, 0.25) is 0 Å². The van der Waals surface area contributed by atoms with Crippen molar-refractivity contribution in [3.05, 3.63) is 50.9 Å². The molecule has 0 aliphatic heterocycles. The van der Waals surface area contributed by atoms with E-state index >= 15 is 0 Å². The first-order valence-electron chi connectivity index (χ1n) is 6.82. The molecule has 0 aliphatic carbocycles. The SMILES string of the molecule is CCCNCc1nn(-c2cc(Cl)ccc2C)c(=O)cc1O. The van der Waals surface area contributed by atoms with Crippen molar-refractivity contribution in [1.29, 1.82) is 0 Å². The van der Waals surface area contributed by atoms with Crippen LogP contribution in [0.15, 0.2) is 29.1 Å². The Morgan fingerprint density at radius 3 is 2.86 bits per heavy atom. The minimum atomic E-state index is -0.392. The molecule has 0 radical (unpaired) electrons. The number of aryl methyl sites for hydroxylation is 1. The molecule has 2 aromatic rings. The van der Waals surface area contributed by atoms with Crippen LogP contribution in [0.5, 0.6) is 5.75 Å². The van der Waals surface area contributed by atoms with E-state index in [0.29, 0.717) is 22.9 Å². The van der Waals surface area contributed by atoms with Gasteiger partial charge in [0.15, 0.2) is 0 Å². The van der Waals surface area contributed by atoms with E-state index in [9.17, 15) is 9.90 Å². The minimum absolute atomic E-state index is 0.0977. The van der Waals surface area contributed by atoms with Crippen LogP contribution in [0.25, 0.3) is 5.69 Å². The number of hydrogen-bond acceptors (Lipinski definition) is 4. The molecular weight excluding hydrogens is 290 g/mol. The lowest BCUT2D eigenvalue weighted by atomic mass is 10.2. The fraction of sp³-hybridized carbons (Fsp3) is 0.333. The van der Waals surface area contributed by atoms with Crippen LogP contribution < -0.4 is 10.9 Å². The third-order valence-electron chi connectivity index (χ3n) is 3.10. The number of nitrogens with zero attached hydrogens (tertiary/aromatic N) is 2. The van der Waals surface area contributed by atoms with E-state index in [0.717, 1.165) is 18.5 Å². The first kappa shape index (κ1) is 15.5. The van der Waals surface area contributed by atoms with E-state index < -0.39 is 5.56 Å². The molecule has 2 rings (SSSR count). The fourth-order valence-corrected chi connectivity index (χ4v) is 2.14. The highest BCUT2D eigenvalue weighted by Crippen LogP contribution is 2.19. The molecule has 2 N–H and O–H groups in total. The molecule has 0 aliphatic rings. The van der Waals surface area contributed by atoms with Crippen molar-refractivity contribution in [3.63, 3.8) is 0 Å². The Balaban J connectivity index is 2.46. The molecular formula is C15H18ClN3O2. The maximum absolute atomic E-state index is 12.1. The van der Waals surface area contributed by atoms with Crippen LogP contribution in [-0.4, -0.2) is 21.4 Å². The predicted molar refractivity (Wildman–Crippen MR) is 83.2 cm³/mol. The molecule has 0 saturated heterocycles. The van der Waals surface area contributed by atoms with Crippen LogP contribution >= 0.6 is 11.6 Å². The highest BCUT2D eigenvalue weighted by molar-refractivity contribution is 6.30. The summed E-state index contributed by atoms with van der Waals surface area (Å²) in [5.41, 5.74) is 1.54. The first-order chi connectivity index (χ1) is 10.0. The second-order valence-corrected chi connectivity index (χ2v) is 5.27. The van der Waals surface area contributed by atoms with Crippen LogP contribution in [0.4, 0.5) is 0 Å². The summed E-state index contributed by atoms with van der Waals surface area (Å²) in [5.74, 6) is -0.0977. The number of nitrogens with one attached hydrogen (secondary N) is 1. The molecule has 0 unspecified atom stereocenters. The van der Waals surface area contributed by atoms with Crippen LogP contribution in [0.3, 0.4) is 0 Å². The summed E-state index contributed by atoms with van der Waals surface area (Å²) < 4.78 is 1.27. The lowest BCUT2D eigenvalue weighted by Crippen LogP contribution is -2.24. The highest BCUT2D eigenvalue weighted by atomic mass is 35.5. The van der Waals surface area contributed by atoms with E-state index in [1.165, 1.54) is 10.7 Å². The molecule has 21 heavy (non-hydrogen) atoms. The largest absolute Gasteiger partial charge is 0.506 e. The zero-order valence-corrected chi connectivity index (χ0v) is 12.8. The van der Waals surface area contributed by atoms with Crippen molar-refractivity contribution < 1.29 is 5.11 Å². The molecule has 1 aromatic carbocycles. The van der Waals surface area contributed by atoms with Gasteiger partial charge in [0.1, 0.15) is 11.4 Å². The molecule has 1 aromatic heterocycles. The third kappa shape index (κ3) is 3.62. The van der Waals surface area contributed by atoms with E-state index in [4.69, 9.17) is 11.6 Å². The molecule has 0 saturated carbocycles. The smallest absolute Gasteiger partial charge is 0.275 e. The zero-order chi connectivity index (χ0) is 15.4. The lowest BCUT2D eigenvalue weighted by molar-refractivity contribution is 0.451. The lowest BCUT2D eigenvalue weighted by Gasteiger charge is -2.11. The normalized spacial score (nSPS) is 10.8. The summed E-state index contributed by atoms with van der Waals surface area (Å²) in [6.45, 7) is 5.15. The Kier molecular flexibility index (Phi) is 4.98. The van der Waals surface area contributed by atoms with Gasteiger partial charge in [-0.2, -0.15) is 9.78 Å². The number of aromatic hydroxyl groups is 1. The standard InChI is InChI=1S/C15H18ClN3O2/c1-3-6-17-9-12-14(20)8-15(21)19(18-12)13-7-11(16)5-4-10(13)2/h4-5,7-8,17,20H,3,6,9H2,1-2H3. The third-order valence-corrected chi connectivity index (χ3v) is 3.34. The molecule has 0 bridgehead atoms. The van der Waals surface area contributed by atoms with E-state index in [1.807, 2.05) is 13.0 Å². The van der Waals surface area contributed by atoms with Crippen LogP contribution in [-0.2, 0) is 6.54 Å². The zero-order valence-electron chi connectivity index (χ0n) is 12.1. The minimum Gasteiger partial charge on any atom is -0.506 e. The molecule has 0 fully saturated rings. The monoisotopic (exact) mass is 307 g/mol. The molecule has 0 amide bonds. The van der Waals surface area contributed by atoms with Gasteiger partial charge in [-0.3, -0.25) is 4.79 Å². The van der Waals surface area contributed by atoms with Gasteiger partial charge in [-0.15, -0.1) is 0 Å². The van der Waals surface area contributed by atoms with Gasteiger partial charge in [0.25, 0.3) is 5.56 Å². The second-order valence-electron chi connectivity index (χ2n) is 4.83. The molecule has 6 heteroatoms. The number of aromatic nitrogens is 2. The van der Waals surface area contributed by atoms with Gasteiger partial charge < -0.3 is 10.4 Å². The van der Waals surface area contributed by atoms with Crippen molar-refractivity contribution in [2.45, 2.75) is 26.8 Å². The van der Waals surface area contributed by atoms with Gasteiger partial charge in [-0.25, -0.2) is 0 Å². The van der Waals surface area contributed by atoms with Crippen molar-refractivity contribution in [2.75, 3.05) is 6.54 Å². The number of halogens is 1. The van der Waals surface area contributed by atoms with Crippen molar-refractivity contribution in [2.24, 2.45) is 0 Å². The van der Waals surface area contributed by atoms with Gasteiger partial charge in [0.05, 0.1) is 5.69 Å². The van der Waals surface area contributed by atoms with Gasteiger partial charge in [-0.1, -0.05) is 24.6 Å². The molecule has 0 spiro atoms. The summed E-state index contributed by atoms with van der Waals surface area (Å²) >= 11 is 5.99. The van der Waals surface area contributed by atoms with E-state index in [2.05, 4.69) is 17.3 Å². The van der Waals surface area contributed by atoms with Crippen LogP contribution in [0.1, 0.15) is 24.6 Å². The Labute approximate surface area is 128 Å². The van der Waals surface area contributed by atoms with Crippen molar-refractivity contribution >= 4 is 11.6 Å². The maximum Gasteiger partial charge on any atom is 0.275 e. The Morgan fingerprint density at radius 1 is 1.38 bits per heavy atom. The Bertz CT molecular complexity index is 698. The predicted octanol–water partition coefficient (Wildman–Crippen LogP) is 2.40. The molecule has 1 heterocycles. The Hall–Kier alpha value is -1.85. The topological polar surface area (TPSA) is 67.2 Å². The molecule has 112 valence electrons. The second kappa shape index (κ2) is 6.74.